The second kappa shape index (κ2) is 5.31. The maximum absolute atomic E-state index is 11.7. The van der Waals surface area contributed by atoms with Crippen LogP contribution in [-0.4, -0.2) is 55.4 Å². The number of aliphatic hydroxyl groups is 4. The van der Waals surface area contributed by atoms with Gasteiger partial charge in [-0.05, 0) is 43.4 Å². The molecule has 2 bridgehead atoms. The quantitative estimate of drug-likeness (QED) is 0.471. The molecule has 3 fully saturated rings. The molecular formula is C20H30O6. The minimum absolute atomic E-state index is 0.0274. The second-order valence-electron chi connectivity index (χ2n) is 9.74. The van der Waals surface area contributed by atoms with Gasteiger partial charge in [-0.1, -0.05) is 26.8 Å². The van der Waals surface area contributed by atoms with Gasteiger partial charge in [-0.3, -0.25) is 0 Å². The number of fused-ring (bicyclic) bond motifs is 2. The second-order valence-corrected chi connectivity index (χ2v) is 9.74. The summed E-state index contributed by atoms with van der Waals surface area (Å²) >= 11 is 0. The van der Waals surface area contributed by atoms with E-state index in [2.05, 4.69) is 0 Å². The molecule has 6 nitrogen and oxygen atoms in total. The molecule has 0 radical (unpaired) electrons. The number of aliphatic carboxylic acids is 1. The summed E-state index contributed by atoms with van der Waals surface area (Å²) in [5.74, 6) is -1.78. The topological polar surface area (TPSA) is 118 Å². The number of aliphatic hydroxyl groups excluding tert-OH is 3. The molecule has 26 heavy (non-hydrogen) atoms. The molecule has 146 valence electrons. The maximum atomic E-state index is 11.7. The Labute approximate surface area is 153 Å². The van der Waals surface area contributed by atoms with Crippen LogP contribution < -0.4 is 0 Å². The van der Waals surface area contributed by atoms with Crippen molar-refractivity contribution in [2.45, 2.75) is 70.4 Å². The summed E-state index contributed by atoms with van der Waals surface area (Å²) in [7, 11) is 0. The summed E-state index contributed by atoms with van der Waals surface area (Å²) in [6.45, 7) is 5.59. The van der Waals surface area contributed by atoms with Crippen LogP contribution in [0.5, 0.6) is 0 Å². The summed E-state index contributed by atoms with van der Waals surface area (Å²) in [4.78, 5) is 11.7. The average Bonchev–Trinajstić information content (AvgIpc) is 2.82. The molecule has 1 spiro atoms. The summed E-state index contributed by atoms with van der Waals surface area (Å²) in [6, 6.07) is 0. The Kier molecular flexibility index (Phi) is 3.76. The molecule has 0 unspecified atom stereocenters. The smallest absolute Gasteiger partial charge is 0.331 e. The summed E-state index contributed by atoms with van der Waals surface area (Å²) in [5, 5.41) is 54.0. The molecule has 5 N–H and O–H groups in total. The first-order chi connectivity index (χ1) is 12.0. The molecule has 4 aliphatic carbocycles. The molecule has 0 heterocycles. The van der Waals surface area contributed by atoms with Gasteiger partial charge in [0.15, 0.2) is 0 Å². The van der Waals surface area contributed by atoms with Crippen LogP contribution in [0.3, 0.4) is 0 Å². The molecule has 6 heteroatoms. The lowest BCUT2D eigenvalue weighted by Crippen LogP contribution is -2.57. The van der Waals surface area contributed by atoms with Crippen LogP contribution in [0.15, 0.2) is 11.6 Å². The van der Waals surface area contributed by atoms with E-state index in [0.717, 1.165) is 6.42 Å². The van der Waals surface area contributed by atoms with E-state index in [-0.39, 0.29) is 29.7 Å². The van der Waals surface area contributed by atoms with Gasteiger partial charge >= 0.3 is 5.97 Å². The number of carboxylic acid groups (broad SMARTS) is 1. The minimum atomic E-state index is -1.47. The molecule has 0 saturated heterocycles. The monoisotopic (exact) mass is 366 g/mol. The van der Waals surface area contributed by atoms with E-state index >= 15 is 0 Å². The van der Waals surface area contributed by atoms with Gasteiger partial charge in [0.05, 0.1) is 18.3 Å². The van der Waals surface area contributed by atoms with Crippen molar-refractivity contribution in [3.05, 3.63) is 11.6 Å². The maximum Gasteiger partial charge on any atom is 0.331 e. The highest BCUT2D eigenvalue weighted by molar-refractivity contribution is 5.88. The first-order valence-electron chi connectivity index (χ1n) is 9.71. The van der Waals surface area contributed by atoms with Gasteiger partial charge in [0.25, 0.3) is 0 Å². The number of carbonyl (C=O) groups is 1. The van der Waals surface area contributed by atoms with E-state index in [0.29, 0.717) is 12.8 Å². The van der Waals surface area contributed by atoms with E-state index in [4.69, 9.17) is 0 Å². The average molecular weight is 366 g/mol. The Balaban J connectivity index is 1.86. The van der Waals surface area contributed by atoms with E-state index < -0.39 is 46.6 Å². The van der Waals surface area contributed by atoms with Crippen LogP contribution in [-0.2, 0) is 4.79 Å². The molecule has 9 atom stereocenters. The molecule has 0 amide bonds. The van der Waals surface area contributed by atoms with Crippen LogP contribution in [0, 0.1) is 34.5 Å². The van der Waals surface area contributed by atoms with Crippen molar-refractivity contribution < 1.29 is 30.3 Å². The summed E-state index contributed by atoms with van der Waals surface area (Å²) < 4.78 is 0. The Hall–Kier alpha value is -0.950. The van der Waals surface area contributed by atoms with Gasteiger partial charge in [0.1, 0.15) is 5.60 Å². The van der Waals surface area contributed by atoms with E-state index in [1.165, 1.54) is 0 Å². The van der Waals surface area contributed by atoms with Crippen LogP contribution in [0.4, 0.5) is 0 Å². The molecular weight excluding hydrogens is 336 g/mol. The number of carboxylic acids is 1. The van der Waals surface area contributed by atoms with Crippen molar-refractivity contribution in [1.29, 1.82) is 0 Å². The van der Waals surface area contributed by atoms with Gasteiger partial charge in [-0.15, -0.1) is 0 Å². The summed E-state index contributed by atoms with van der Waals surface area (Å²) in [5.41, 5.74) is -2.92. The third-order valence-corrected chi connectivity index (χ3v) is 8.71. The molecule has 0 aromatic heterocycles. The number of hydrogen-bond acceptors (Lipinski definition) is 5. The van der Waals surface area contributed by atoms with Crippen molar-refractivity contribution in [2.24, 2.45) is 34.5 Å². The molecule has 0 aromatic rings. The first kappa shape index (κ1) is 18.4. The number of hydrogen-bond donors (Lipinski definition) is 5. The Morgan fingerprint density at radius 2 is 1.77 bits per heavy atom. The normalized spacial score (nSPS) is 54.9. The Morgan fingerprint density at radius 3 is 2.38 bits per heavy atom. The van der Waals surface area contributed by atoms with Crippen LogP contribution in [0.1, 0.15) is 46.5 Å². The van der Waals surface area contributed by atoms with E-state index in [9.17, 15) is 30.3 Å². The minimum Gasteiger partial charge on any atom is -0.478 e. The lowest BCUT2D eigenvalue weighted by atomic mass is 9.59. The third kappa shape index (κ3) is 1.89. The van der Waals surface area contributed by atoms with Crippen LogP contribution >= 0.6 is 0 Å². The lowest BCUT2D eigenvalue weighted by molar-refractivity contribution is -0.177. The van der Waals surface area contributed by atoms with Crippen molar-refractivity contribution >= 4 is 5.97 Å². The van der Waals surface area contributed by atoms with Crippen molar-refractivity contribution in [2.75, 3.05) is 0 Å². The van der Waals surface area contributed by atoms with Gasteiger partial charge in [0.2, 0.25) is 0 Å². The summed E-state index contributed by atoms with van der Waals surface area (Å²) in [6.07, 6.45) is 0.886. The fraction of sp³-hybridized carbons (Fsp3) is 0.850. The third-order valence-electron chi connectivity index (χ3n) is 8.71. The highest BCUT2D eigenvalue weighted by atomic mass is 16.4. The Bertz CT molecular complexity index is 671. The molecule has 4 aliphatic rings. The zero-order chi connectivity index (χ0) is 19.2. The first-order valence-corrected chi connectivity index (χ1v) is 9.71. The molecule has 4 rings (SSSR count). The zero-order valence-corrected chi connectivity index (χ0v) is 15.6. The van der Waals surface area contributed by atoms with Gasteiger partial charge in [-0.25, -0.2) is 4.79 Å². The number of rotatable bonds is 1. The predicted octanol–water partition coefficient (Wildman–Crippen LogP) is 0.923. The van der Waals surface area contributed by atoms with Gasteiger partial charge < -0.3 is 25.5 Å². The molecule has 0 aromatic carbocycles. The highest BCUT2D eigenvalue weighted by Crippen LogP contribution is 2.66. The molecule has 3 saturated carbocycles. The highest BCUT2D eigenvalue weighted by Gasteiger charge is 2.70. The Morgan fingerprint density at radius 1 is 1.12 bits per heavy atom. The van der Waals surface area contributed by atoms with Crippen molar-refractivity contribution in [3.63, 3.8) is 0 Å². The van der Waals surface area contributed by atoms with Crippen molar-refractivity contribution in [3.8, 4) is 0 Å². The van der Waals surface area contributed by atoms with Gasteiger partial charge in [-0.2, -0.15) is 0 Å². The van der Waals surface area contributed by atoms with Gasteiger partial charge in [0, 0.05) is 22.3 Å². The fourth-order valence-electron chi connectivity index (χ4n) is 7.12. The van der Waals surface area contributed by atoms with E-state index in [1.54, 1.807) is 19.9 Å². The van der Waals surface area contributed by atoms with Crippen LogP contribution in [0.25, 0.3) is 0 Å². The zero-order valence-electron chi connectivity index (χ0n) is 15.6. The van der Waals surface area contributed by atoms with Crippen LogP contribution in [0.2, 0.25) is 0 Å². The lowest BCUT2D eigenvalue weighted by Gasteiger charge is -2.47. The molecule has 0 aliphatic heterocycles. The largest absolute Gasteiger partial charge is 0.478 e. The fourth-order valence-corrected chi connectivity index (χ4v) is 7.12. The SMILES string of the molecule is C[C@H]1[C@@H]2CC[C@H]3C(C(=O)O)=C[C@]2(C[C@@H](O)[C@@]2(O)[C@H]1C[C@H](O)C2(C)C)[C@@H]3O. The standard InChI is InChI=1S/C20H30O6/c1-9-12-5-4-10-11(17(24)25)7-19(12,16(10)23)8-15(22)20(26)13(9)6-14(21)18(20,2)3/h7,9-10,12-16,21-23,26H,4-6,8H2,1-3H3,(H,24,25)/t9-,10-,12-,13-,14-,15+,16+,19+,20-/m0/s1. The van der Waals surface area contributed by atoms with Crippen molar-refractivity contribution in [1.82, 2.24) is 0 Å². The van der Waals surface area contributed by atoms with E-state index in [1.807, 2.05) is 6.92 Å². The predicted molar refractivity (Wildman–Crippen MR) is 93.0 cm³/mol.